The van der Waals surface area contributed by atoms with Crippen molar-refractivity contribution in [3.8, 4) is 22.0 Å². The molecule has 0 bridgehead atoms. The summed E-state index contributed by atoms with van der Waals surface area (Å²) in [7, 11) is 0. The summed E-state index contributed by atoms with van der Waals surface area (Å²) in [4.78, 5) is 34.0. The first kappa shape index (κ1) is 30.2. The molecule has 44 heavy (non-hydrogen) atoms. The van der Waals surface area contributed by atoms with Crippen LogP contribution in [0.15, 0.2) is 36.1 Å². The number of halogens is 2. The van der Waals surface area contributed by atoms with Crippen molar-refractivity contribution >= 4 is 28.7 Å². The molecule has 0 saturated heterocycles. The number of ketones is 1. The van der Waals surface area contributed by atoms with Gasteiger partial charge < -0.3 is 10.1 Å². The van der Waals surface area contributed by atoms with Gasteiger partial charge in [0.05, 0.1) is 24.0 Å². The molecule has 0 radical (unpaired) electrons. The van der Waals surface area contributed by atoms with Crippen LogP contribution in [-0.2, 0) is 16.1 Å². The SMILES string of the molecule is CCOC1CCC(n2cc(NC(=O)c3csc(-c4cnn(CCC(=O)C5CCCC5)c4)n3)c(-c3nc(F)ccc3F)n2)CC1. The molecule has 13 heteroatoms. The molecule has 0 aliphatic heterocycles. The number of carbonyl (C=O) groups is 2. The maximum absolute atomic E-state index is 14.8. The number of ether oxygens (including phenoxy) is 1. The highest BCUT2D eigenvalue weighted by atomic mass is 32.1. The Bertz CT molecular complexity index is 1620. The van der Waals surface area contributed by atoms with Gasteiger partial charge in [-0.2, -0.15) is 14.6 Å². The minimum atomic E-state index is -0.849. The van der Waals surface area contributed by atoms with Gasteiger partial charge >= 0.3 is 0 Å². The van der Waals surface area contributed by atoms with Crippen LogP contribution >= 0.6 is 11.3 Å². The summed E-state index contributed by atoms with van der Waals surface area (Å²) in [5, 5.41) is 14.0. The number of hydrogen-bond donors (Lipinski definition) is 1. The fourth-order valence-electron chi connectivity index (χ4n) is 6.11. The van der Waals surface area contributed by atoms with Crippen LogP contribution in [0.25, 0.3) is 22.0 Å². The van der Waals surface area contributed by atoms with Gasteiger partial charge in [0.2, 0.25) is 5.95 Å². The van der Waals surface area contributed by atoms with Crippen molar-refractivity contribution in [2.75, 3.05) is 11.9 Å². The van der Waals surface area contributed by atoms with Gasteiger partial charge in [0.15, 0.2) is 5.82 Å². The van der Waals surface area contributed by atoms with Crippen molar-refractivity contribution in [3.05, 3.63) is 53.6 Å². The average Bonchev–Trinajstić information content (AvgIpc) is 3.84. The maximum atomic E-state index is 14.8. The fraction of sp³-hybridized carbons (Fsp3) is 0.484. The molecule has 232 valence electrons. The molecular formula is C31H35F2N7O3S. The smallest absolute Gasteiger partial charge is 0.275 e. The standard InChI is InChI=1S/C31H35F2N7O3S/c1-2-43-22-9-7-21(8-10-22)40-17-24(29(38-40)28-23(32)11-12-27(33)37-28)35-30(42)25-18-44-31(36-25)20-15-34-39(16-20)14-13-26(41)19-5-3-4-6-19/h11-12,15-19,21-22H,2-10,13-14H2,1H3,(H,35,42). The fourth-order valence-corrected chi connectivity index (χ4v) is 6.89. The van der Waals surface area contributed by atoms with Crippen molar-refractivity contribution < 1.29 is 23.1 Å². The summed E-state index contributed by atoms with van der Waals surface area (Å²) >= 11 is 1.29. The highest BCUT2D eigenvalue weighted by molar-refractivity contribution is 7.13. The zero-order valence-electron chi connectivity index (χ0n) is 24.5. The zero-order chi connectivity index (χ0) is 30.6. The van der Waals surface area contributed by atoms with Crippen molar-refractivity contribution in [2.45, 2.75) is 83.4 Å². The Balaban J connectivity index is 1.17. The van der Waals surface area contributed by atoms with Crippen LogP contribution in [0.1, 0.15) is 81.2 Å². The minimum absolute atomic E-state index is 0.0172. The van der Waals surface area contributed by atoms with E-state index in [4.69, 9.17) is 4.74 Å². The van der Waals surface area contributed by atoms with Gasteiger partial charge in [0, 0.05) is 48.8 Å². The molecule has 2 fully saturated rings. The second-order valence-electron chi connectivity index (χ2n) is 11.4. The van der Waals surface area contributed by atoms with Crippen LogP contribution in [0.4, 0.5) is 14.5 Å². The van der Waals surface area contributed by atoms with Crippen molar-refractivity contribution in [1.29, 1.82) is 0 Å². The molecule has 0 aromatic carbocycles. The van der Waals surface area contributed by atoms with Crippen molar-refractivity contribution in [2.24, 2.45) is 5.92 Å². The average molecular weight is 624 g/mol. The predicted octanol–water partition coefficient (Wildman–Crippen LogP) is 6.47. The molecule has 0 unspecified atom stereocenters. The topological polar surface area (TPSA) is 117 Å². The third-order valence-corrected chi connectivity index (χ3v) is 9.34. The lowest BCUT2D eigenvalue weighted by Crippen LogP contribution is -2.24. The number of amides is 1. The van der Waals surface area contributed by atoms with Gasteiger partial charge in [-0.25, -0.2) is 14.4 Å². The summed E-state index contributed by atoms with van der Waals surface area (Å²) in [5.74, 6) is -1.63. The molecule has 10 nitrogen and oxygen atoms in total. The Kier molecular flexibility index (Phi) is 9.22. The molecule has 0 spiro atoms. The van der Waals surface area contributed by atoms with Crippen LogP contribution in [0.2, 0.25) is 0 Å². The number of aromatic nitrogens is 6. The number of aryl methyl sites for hydroxylation is 1. The van der Waals surface area contributed by atoms with E-state index in [1.165, 1.54) is 11.3 Å². The summed E-state index contributed by atoms with van der Waals surface area (Å²) < 4.78 is 38.0. The van der Waals surface area contributed by atoms with E-state index in [1.807, 2.05) is 13.1 Å². The Hall–Kier alpha value is -3.84. The summed E-state index contributed by atoms with van der Waals surface area (Å²) in [5.41, 5.74) is 0.890. The number of rotatable bonds is 11. The quantitative estimate of drug-likeness (QED) is 0.191. The second-order valence-corrected chi connectivity index (χ2v) is 12.3. The Labute approximate surface area is 257 Å². The lowest BCUT2D eigenvalue weighted by atomic mass is 9.93. The van der Waals surface area contributed by atoms with Gasteiger partial charge in [-0.1, -0.05) is 12.8 Å². The van der Waals surface area contributed by atoms with E-state index in [2.05, 4.69) is 25.5 Å². The monoisotopic (exact) mass is 623 g/mol. The molecule has 2 saturated carbocycles. The van der Waals surface area contributed by atoms with E-state index in [0.717, 1.165) is 69.1 Å². The van der Waals surface area contributed by atoms with Crippen LogP contribution < -0.4 is 5.32 Å². The number of Topliss-reactive ketones (excluding diaryl/α,β-unsaturated/α-hetero) is 1. The highest BCUT2D eigenvalue weighted by Gasteiger charge is 2.27. The molecule has 4 heterocycles. The number of hydrogen-bond acceptors (Lipinski definition) is 8. The van der Waals surface area contributed by atoms with Crippen LogP contribution in [0, 0.1) is 17.7 Å². The van der Waals surface area contributed by atoms with E-state index in [9.17, 15) is 18.4 Å². The molecule has 2 aliphatic carbocycles. The Morgan fingerprint density at radius 2 is 1.84 bits per heavy atom. The first-order valence-corrected chi connectivity index (χ1v) is 16.1. The summed E-state index contributed by atoms with van der Waals surface area (Å²) in [6, 6.07) is 1.95. The number of nitrogens with one attached hydrogen (secondary N) is 1. The van der Waals surface area contributed by atoms with Crippen molar-refractivity contribution in [1.82, 2.24) is 29.5 Å². The molecular weight excluding hydrogens is 588 g/mol. The van der Waals surface area contributed by atoms with Crippen molar-refractivity contribution in [3.63, 3.8) is 0 Å². The highest BCUT2D eigenvalue weighted by Crippen LogP contribution is 2.35. The van der Waals surface area contributed by atoms with Gasteiger partial charge in [-0.3, -0.25) is 19.0 Å². The molecule has 6 rings (SSSR count). The van der Waals surface area contributed by atoms with Gasteiger partial charge in [-0.15, -0.1) is 11.3 Å². The zero-order valence-corrected chi connectivity index (χ0v) is 25.4. The lowest BCUT2D eigenvalue weighted by molar-refractivity contribution is -0.122. The Morgan fingerprint density at radius 1 is 1.05 bits per heavy atom. The van der Waals surface area contributed by atoms with Gasteiger partial charge in [0.1, 0.15) is 27.9 Å². The maximum Gasteiger partial charge on any atom is 0.275 e. The largest absolute Gasteiger partial charge is 0.379 e. The molecule has 1 amide bonds. The third-order valence-electron chi connectivity index (χ3n) is 8.45. The second kappa shape index (κ2) is 13.4. The van der Waals surface area contributed by atoms with E-state index < -0.39 is 17.7 Å². The van der Waals surface area contributed by atoms with E-state index in [0.29, 0.717) is 30.4 Å². The minimum Gasteiger partial charge on any atom is -0.379 e. The number of carbonyl (C=O) groups excluding carboxylic acids is 2. The Morgan fingerprint density at radius 3 is 2.61 bits per heavy atom. The lowest BCUT2D eigenvalue weighted by Gasteiger charge is -2.28. The molecule has 4 aromatic rings. The van der Waals surface area contributed by atoms with E-state index >= 15 is 0 Å². The summed E-state index contributed by atoms with van der Waals surface area (Å²) in [6.07, 6.45) is 13.3. The van der Waals surface area contributed by atoms with Crippen LogP contribution in [-0.4, -0.2) is 53.9 Å². The molecule has 1 N–H and O–H groups in total. The normalized spacial score (nSPS) is 19.0. The number of thiazole rings is 1. The van der Waals surface area contributed by atoms with E-state index in [1.54, 1.807) is 27.1 Å². The number of pyridine rings is 1. The van der Waals surface area contributed by atoms with Gasteiger partial charge in [0.25, 0.3) is 5.91 Å². The van der Waals surface area contributed by atoms with Crippen LogP contribution in [0.3, 0.4) is 0 Å². The predicted molar refractivity (Wildman–Crippen MR) is 161 cm³/mol. The third kappa shape index (κ3) is 6.78. The first-order chi connectivity index (χ1) is 21.4. The molecule has 4 aromatic heterocycles. The first-order valence-electron chi connectivity index (χ1n) is 15.2. The molecule has 0 atom stereocenters. The van der Waals surface area contributed by atoms with Gasteiger partial charge in [-0.05, 0) is 57.6 Å². The number of anilines is 1. The summed E-state index contributed by atoms with van der Waals surface area (Å²) in [6.45, 7) is 3.13. The molecule has 2 aliphatic rings. The number of nitrogens with zero attached hydrogens (tertiary/aromatic N) is 6. The van der Waals surface area contributed by atoms with E-state index in [-0.39, 0.29) is 40.8 Å². The van der Waals surface area contributed by atoms with Crippen LogP contribution in [0.5, 0.6) is 0 Å².